The van der Waals surface area contributed by atoms with Crippen molar-refractivity contribution in [2.24, 2.45) is 11.8 Å². The van der Waals surface area contributed by atoms with Crippen molar-refractivity contribution in [3.05, 3.63) is 34.9 Å². The molecule has 4 atom stereocenters. The average molecular weight is 505 g/mol. The second-order valence-corrected chi connectivity index (χ2v) is 9.99. The van der Waals surface area contributed by atoms with E-state index in [2.05, 4.69) is 5.32 Å². The van der Waals surface area contributed by atoms with Crippen molar-refractivity contribution in [1.82, 2.24) is 10.2 Å². The van der Waals surface area contributed by atoms with E-state index in [1.54, 1.807) is 24.3 Å². The van der Waals surface area contributed by atoms with E-state index in [4.69, 9.17) is 11.6 Å². The van der Waals surface area contributed by atoms with Gasteiger partial charge in [0.1, 0.15) is 12.1 Å². The number of β-lactam (4-membered cyclic amide) rings is 1. The molecule has 1 saturated heterocycles. The molecule has 2 aliphatic rings. The lowest BCUT2D eigenvalue weighted by Crippen LogP contribution is -2.77. The first-order valence-corrected chi connectivity index (χ1v) is 12.2. The van der Waals surface area contributed by atoms with Gasteiger partial charge in [-0.2, -0.15) is 13.2 Å². The summed E-state index contributed by atoms with van der Waals surface area (Å²) in [6.07, 6.45) is 0.623. The van der Waals surface area contributed by atoms with Crippen LogP contribution < -0.4 is 5.32 Å². The topological polar surface area (TPSA) is 89.9 Å². The van der Waals surface area contributed by atoms with Gasteiger partial charge in [0.05, 0.1) is 5.92 Å². The molecule has 6 nitrogen and oxygen atoms in total. The number of nitrogens with zero attached hydrogens (tertiary/aromatic N) is 1. The largest absolute Gasteiger partial charge is 0.480 e. The van der Waals surface area contributed by atoms with Crippen LogP contribution in [0.2, 0.25) is 5.02 Å². The molecule has 0 bridgehead atoms. The summed E-state index contributed by atoms with van der Waals surface area (Å²) in [6.45, 7) is 1.02. The zero-order chi connectivity index (χ0) is 25.1. The van der Waals surface area contributed by atoms with E-state index in [0.717, 1.165) is 31.7 Å². The number of carboxylic acid groups (broad SMARTS) is 1. The highest BCUT2D eigenvalue weighted by atomic mass is 35.5. The monoisotopic (exact) mass is 504 g/mol. The number of carboxylic acids is 1. The predicted molar refractivity (Wildman–Crippen MR) is 121 cm³/mol. The summed E-state index contributed by atoms with van der Waals surface area (Å²) < 4.78 is 42.1. The van der Waals surface area contributed by atoms with Gasteiger partial charge in [-0.25, -0.2) is 4.79 Å². The first-order chi connectivity index (χ1) is 15.9. The Morgan fingerprint density at radius 2 is 1.82 bits per heavy atom. The molecule has 0 spiro atoms. The molecule has 1 heterocycles. The minimum Gasteiger partial charge on any atom is -0.480 e. The SMILES string of the molecule is CC(O)(NC(C1CCCCCCC1)C(F)(F)F)N1C(=O)C(CCc2cccc(Cl)c2)C1C(=O)O. The number of aliphatic carboxylic acids is 1. The smallest absolute Gasteiger partial charge is 0.404 e. The number of aryl methyl sites for hydroxylation is 1. The quantitative estimate of drug-likeness (QED) is 0.352. The molecule has 34 heavy (non-hydrogen) atoms. The normalized spacial score (nSPS) is 25.1. The average Bonchev–Trinajstić information content (AvgIpc) is 2.69. The zero-order valence-electron chi connectivity index (χ0n) is 19.2. The van der Waals surface area contributed by atoms with Crippen molar-refractivity contribution in [3.63, 3.8) is 0 Å². The summed E-state index contributed by atoms with van der Waals surface area (Å²) in [5, 5.41) is 23.4. The van der Waals surface area contributed by atoms with E-state index in [1.807, 2.05) is 0 Å². The number of carbonyl (C=O) groups excluding carboxylic acids is 1. The van der Waals surface area contributed by atoms with Gasteiger partial charge in [0.15, 0.2) is 5.85 Å². The van der Waals surface area contributed by atoms with Gasteiger partial charge >= 0.3 is 12.1 Å². The Morgan fingerprint density at radius 1 is 1.21 bits per heavy atom. The molecular formula is C24H32ClF3N2O4. The third-order valence-corrected chi connectivity index (χ3v) is 7.21. The van der Waals surface area contributed by atoms with Gasteiger partial charge in [-0.3, -0.25) is 15.0 Å². The maximum Gasteiger partial charge on any atom is 0.404 e. The number of aliphatic hydroxyl groups is 1. The highest BCUT2D eigenvalue weighted by Crippen LogP contribution is 2.39. The van der Waals surface area contributed by atoms with Crippen molar-refractivity contribution < 1.29 is 33.0 Å². The first kappa shape index (κ1) is 26.8. The van der Waals surface area contributed by atoms with Crippen molar-refractivity contribution in [1.29, 1.82) is 0 Å². The lowest BCUT2D eigenvalue weighted by Gasteiger charge is -2.53. The second-order valence-electron chi connectivity index (χ2n) is 9.56. The number of benzene rings is 1. The van der Waals surface area contributed by atoms with E-state index in [-0.39, 0.29) is 6.42 Å². The van der Waals surface area contributed by atoms with Gasteiger partial charge in [0, 0.05) is 5.02 Å². The molecule has 0 radical (unpaired) electrons. The summed E-state index contributed by atoms with van der Waals surface area (Å²) in [6, 6.07) is 3.45. The number of amides is 1. The predicted octanol–water partition coefficient (Wildman–Crippen LogP) is 4.73. The van der Waals surface area contributed by atoms with Crippen LogP contribution in [0.1, 0.15) is 63.9 Å². The molecule has 0 aromatic heterocycles. The summed E-state index contributed by atoms with van der Waals surface area (Å²) in [5.74, 6) is -6.23. The highest BCUT2D eigenvalue weighted by molar-refractivity contribution is 6.30. The number of hydrogen-bond acceptors (Lipinski definition) is 4. The molecule has 10 heteroatoms. The van der Waals surface area contributed by atoms with Gasteiger partial charge in [-0.15, -0.1) is 0 Å². The molecule has 1 amide bonds. The lowest BCUT2D eigenvalue weighted by molar-refractivity contribution is -0.236. The minimum atomic E-state index is -4.66. The Labute approximate surface area is 202 Å². The van der Waals surface area contributed by atoms with Crippen LogP contribution in [0.3, 0.4) is 0 Å². The fourth-order valence-electron chi connectivity index (χ4n) is 5.26. The van der Waals surface area contributed by atoms with Crippen molar-refractivity contribution >= 4 is 23.5 Å². The van der Waals surface area contributed by atoms with E-state index in [9.17, 15) is 33.0 Å². The molecule has 1 saturated carbocycles. The minimum absolute atomic E-state index is 0.175. The Bertz CT molecular complexity index is 872. The summed E-state index contributed by atoms with van der Waals surface area (Å²) >= 11 is 5.96. The van der Waals surface area contributed by atoms with Crippen LogP contribution in [0.25, 0.3) is 0 Å². The zero-order valence-corrected chi connectivity index (χ0v) is 19.9. The molecule has 1 aliphatic carbocycles. The van der Waals surface area contributed by atoms with Gasteiger partial charge < -0.3 is 10.2 Å². The number of hydrogen-bond donors (Lipinski definition) is 3. The molecule has 3 N–H and O–H groups in total. The third-order valence-electron chi connectivity index (χ3n) is 6.97. The Hall–Kier alpha value is -1.84. The fourth-order valence-corrected chi connectivity index (χ4v) is 5.48. The number of rotatable bonds is 8. The molecular weight excluding hydrogens is 473 g/mol. The van der Waals surface area contributed by atoms with E-state index < -0.39 is 47.8 Å². The second kappa shape index (κ2) is 10.8. The standard InChI is InChI=1S/C24H32ClF3N2O4/c1-23(34,29-20(24(26,27)28)16-9-5-3-2-4-6-10-16)30-19(22(32)33)18(21(30)31)13-12-15-8-7-11-17(25)14-15/h7-8,11,14,16,18-20,29,34H,2-6,9-10,12-13H2,1H3,(H,32,33). The van der Waals surface area contributed by atoms with Crippen molar-refractivity contribution in [2.45, 2.75) is 88.8 Å². The van der Waals surface area contributed by atoms with E-state index >= 15 is 0 Å². The summed E-state index contributed by atoms with van der Waals surface area (Å²) in [5.41, 5.74) is 0.814. The number of nitrogens with one attached hydrogen (secondary N) is 1. The Morgan fingerprint density at radius 3 is 2.38 bits per heavy atom. The molecule has 190 valence electrons. The number of likely N-dealkylation sites (tertiary alicyclic amines) is 1. The molecule has 2 fully saturated rings. The summed E-state index contributed by atoms with van der Waals surface area (Å²) in [7, 11) is 0. The molecule has 1 aliphatic heterocycles. The van der Waals surface area contributed by atoms with Gasteiger partial charge in [-0.05, 0) is 56.2 Å². The Kier molecular flexibility index (Phi) is 8.52. The van der Waals surface area contributed by atoms with Crippen LogP contribution in [0.4, 0.5) is 13.2 Å². The summed E-state index contributed by atoms with van der Waals surface area (Å²) in [4.78, 5) is 25.5. The van der Waals surface area contributed by atoms with Gasteiger partial charge in [0.25, 0.3) is 0 Å². The van der Waals surface area contributed by atoms with Gasteiger partial charge in [-0.1, -0.05) is 55.8 Å². The van der Waals surface area contributed by atoms with Crippen LogP contribution in [0.5, 0.6) is 0 Å². The third kappa shape index (κ3) is 6.23. The number of halogens is 4. The van der Waals surface area contributed by atoms with Crippen LogP contribution in [-0.2, 0) is 16.0 Å². The van der Waals surface area contributed by atoms with Crippen LogP contribution in [0, 0.1) is 11.8 Å². The van der Waals surface area contributed by atoms with E-state index in [0.29, 0.717) is 42.0 Å². The van der Waals surface area contributed by atoms with Crippen molar-refractivity contribution in [2.75, 3.05) is 0 Å². The highest BCUT2D eigenvalue weighted by Gasteiger charge is 2.59. The molecule has 3 rings (SSSR count). The Balaban J connectivity index is 1.74. The number of carbonyl (C=O) groups is 2. The van der Waals surface area contributed by atoms with Crippen LogP contribution in [0.15, 0.2) is 24.3 Å². The van der Waals surface area contributed by atoms with Gasteiger partial charge in [0.2, 0.25) is 5.91 Å². The molecule has 1 aromatic carbocycles. The maximum absolute atomic E-state index is 14.0. The molecule has 1 aromatic rings. The van der Waals surface area contributed by atoms with E-state index in [1.165, 1.54) is 0 Å². The van der Waals surface area contributed by atoms with Crippen LogP contribution >= 0.6 is 11.6 Å². The van der Waals surface area contributed by atoms with Crippen molar-refractivity contribution in [3.8, 4) is 0 Å². The van der Waals surface area contributed by atoms with Crippen LogP contribution in [-0.4, -0.2) is 51.1 Å². The maximum atomic E-state index is 14.0. The molecule has 4 unspecified atom stereocenters. The number of alkyl halides is 3. The first-order valence-electron chi connectivity index (χ1n) is 11.8. The fraction of sp³-hybridized carbons (Fsp3) is 0.667. The lowest BCUT2D eigenvalue weighted by atomic mass is 9.81.